The zero-order valence-corrected chi connectivity index (χ0v) is 18.3. The molecule has 0 saturated heterocycles. The fourth-order valence-electron chi connectivity index (χ4n) is 3.23. The molecule has 3 rings (SSSR count). The number of halogens is 3. The SMILES string of the molecule is CC1Oc2ccc(C(Cc3cccc(C(F)(F)F)c3)NC(=O)OC(C)(C)C)cc2N=C1N. The van der Waals surface area contributed by atoms with Crippen molar-refractivity contribution in [2.75, 3.05) is 0 Å². The molecule has 32 heavy (non-hydrogen) atoms. The number of carbonyl (C=O) groups excluding carboxylic acids is 1. The summed E-state index contributed by atoms with van der Waals surface area (Å²) < 4.78 is 50.5. The van der Waals surface area contributed by atoms with Crippen LogP contribution < -0.4 is 15.8 Å². The quantitative estimate of drug-likeness (QED) is 0.665. The standard InChI is InChI=1S/C23H26F3N3O3/c1-13-20(27)28-18-12-15(8-9-19(18)31-13)17(29-21(30)32-22(2,3)4)11-14-6-5-7-16(10-14)23(24,25)26/h5-10,12-13,17H,11H2,1-4H3,(H2,27,28)(H,29,30). The first-order chi connectivity index (χ1) is 14.8. The van der Waals surface area contributed by atoms with Gasteiger partial charge in [-0.25, -0.2) is 9.79 Å². The molecular formula is C23H26F3N3O3. The highest BCUT2D eigenvalue weighted by molar-refractivity contribution is 5.89. The van der Waals surface area contributed by atoms with E-state index in [1.807, 2.05) is 0 Å². The van der Waals surface area contributed by atoms with Gasteiger partial charge >= 0.3 is 12.3 Å². The highest BCUT2D eigenvalue weighted by Crippen LogP contribution is 2.36. The van der Waals surface area contributed by atoms with E-state index in [4.69, 9.17) is 15.2 Å². The van der Waals surface area contributed by atoms with Gasteiger partial charge in [0.1, 0.15) is 22.9 Å². The van der Waals surface area contributed by atoms with E-state index in [0.29, 0.717) is 28.4 Å². The van der Waals surface area contributed by atoms with Crippen molar-refractivity contribution in [3.05, 3.63) is 59.2 Å². The van der Waals surface area contributed by atoms with Crippen molar-refractivity contribution in [3.63, 3.8) is 0 Å². The molecule has 3 N–H and O–H groups in total. The largest absolute Gasteiger partial charge is 0.481 e. The summed E-state index contributed by atoms with van der Waals surface area (Å²) >= 11 is 0. The summed E-state index contributed by atoms with van der Waals surface area (Å²) in [7, 11) is 0. The lowest BCUT2D eigenvalue weighted by Gasteiger charge is -2.26. The van der Waals surface area contributed by atoms with Gasteiger partial charge < -0.3 is 20.5 Å². The number of carbonyl (C=O) groups is 1. The number of ether oxygens (including phenoxy) is 2. The fourth-order valence-corrected chi connectivity index (χ4v) is 3.23. The summed E-state index contributed by atoms with van der Waals surface area (Å²) in [4.78, 5) is 16.8. The number of alkyl carbamates (subject to hydrolysis) is 1. The average molecular weight is 449 g/mol. The molecule has 2 aromatic rings. The third kappa shape index (κ3) is 5.93. The maximum Gasteiger partial charge on any atom is 0.416 e. The molecule has 0 radical (unpaired) electrons. The summed E-state index contributed by atoms with van der Waals surface area (Å²) in [5, 5.41) is 2.76. The summed E-state index contributed by atoms with van der Waals surface area (Å²) in [5.41, 5.74) is 5.91. The van der Waals surface area contributed by atoms with Crippen LogP contribution in [-0.2, 0) is 17.3 Å². The third-order valence-corrected chi connectivity index (χ3v) is 4.74. The van der Waals surface area contributed by atoms with Crippen molar-refractivity contribution in [2.45, 2.75) is 58.0 Å². The number of hydrogen-bond acceptors (Lipinski definition) is 5. The fraction of sp³-hybridized carbons (Fsp3) is 0.391. The molecule has 1 aliphatic heterocycles. The van der Waals surface area contributed by atoms with Crippen LogP contribution in [0.25, 0.3) is 0 Å². The summed E-state index contributed by atoms with van der Waals surface area (Å²) in [6.45, 7) is 6.95. The van der Waals surface area contributed by atoms with Gasteiger partial charge in [-0.1, -0.05) is 24.3 Å². The van der Waals surface area contributed by atoms with Gasteiger partial charge in [0.05, 0.1) is 11.6 Å². The van der Waals surface area contributed by atoms with Crippen molar-refractivity contribution in [1.29, 1.82) is 0 Å². The van der Waals surface area contributed by atoms with Gasteiger partial charge in [0, 0.05) is 0 Å². The van der Waals surface area contributed by atoms with Gasteiger partial charge in [-0.15, -0.1) is 0 Å². The lowest BCUT2D eigenvalue weighted by molar-refractivity contribution is -0.137. The summed E-state index contributed by atoms with van der Waals surface area (Å²) in [6.07, 6.45) is -5.40. The molecule has 2 aromatic carbocycles. The number of nitrogens with zero attached hydrogens (tertiary/aromatic N) is 1. The van der Waals surface area contributed by atoms with Crippen LogP contribution in [0.5, 0.6) is 5.75 Å². The normalized spacial score (nSPS) is 17.0. The second-order valence-corrected chi connectivity index (χ2v) is 8.62. The van der Waals surface area contributed by atoms with Gasteiger partial charge in [-0.05, 0) is 63.4 Å². The smallest absolute Gasteiger partial charge is 0.416 e. The molecule has 0 aliphatic carbocycles. The number of amides is 1. The summed E-state index contributed by atoms with van der Waals surface area (Å²) in [6, 6.07) is 9.47. The number of rotatable bonds is 4. The Labute approximate surface area is 184 Å². The highest BCUT2D eigenvalue weighted by Gasteiger charge is 2.31. The molecule has 1 heterocycles. The number of benzene rings is 2. The van der Waals surface area contributed by atoms with E-state index in [-0.39, 0.29) is 12.5 Å². The Morgan fingerprint density at radius 2 is 1.94 bits per heavy atom. The van der Waals surface area contributed by atoms with E-state index in [0.717, 1.165) is 12.1 Å². The van der Waals surface area contributed by atoms with Gasteiger partial charge in [-0.2, -0.15) is 13.2 Å². The minimum absolute atomic E-state index is 0.110. The average Bonchev–Trinajstić information content (AvgIpc) is 2.66. The first kappa shape index (κ1) is 23.4. The Balaban J connectivity index is 1.94. The summed E-state index contributed by atoms with van der Waals surface area (Å²) in [5.74, 6) is 0.842. The van der Waals surface area contributed by atoms with Crippen LogP contribution in [0.2, 0.25) is 0 Å². The van der Waals surface area contributed by atoms with Crippen molar-refractivity contribution < 1.29 is 27.4 Å². The maximum absolute atomic E-state index is 13.2. The molecule has 172 valence electrons. The number of alkyl halides is 3. The van der Waals surface area contributed by atoms with Crippen LogP contribution in [0.4, 0.5) is 23.7 Å². The molecule has 2 atom stereocenters. The Kier molecular flexibility index (Phi) is 6.39. The molecule has 0 bridgehead atoms. The molecule has 0 aromatic heterocycles. The second-order valence-electron chi connectivity index (χ2n) is 8.62. The Morgan fingerprint density at radius 3 is 2.59 bits per heavy atom. The zero-order valence-electron chi connectivity index (χ0n) is 18.3. The van der Waals surface area contributed by atoms with Crippen LogP contribution in [0, 0.1) is 0 Å². The van der Waals surface area contributed by atoms with Crippen molar-refractivity contribution in [1.82, 2.24) is 5.32 Å². The van der Waals surface area contributed by atoms with Crippen LogP contribution in [-0.4, -0.2) is 23.6 Å². The van der Waals surface area contributed by atoms with Crippen LogP contribution in [0.1, 0.15) is 50.4 Å². The number of fused-ring (bicyclic) bond motifs is 1. The third-order valence-electron chi connectivity index (χ3n) is 4.74. The van der Waals surface area contributed by atoms with Crippen LogP contribution >= 0.6 is 0 Å². The number of aliphatic imine (C=N–C) groups is 1. The highest BCUT2D eigenvalue weighted by atomic mass is 19.4. The number of hydrogen-bond donors (Lipinski definition) is 2. The lowest BCUT2D eigenvalue weighted by Crippen LogP contribution is -2.36. The van der Waals surface area contributed by atoms with Gasteiger partial charge in [-0.3, -0.25) is 0 Å². The van der Waals surface area contributed by atoms with Gasteiger partial charge in [0.25, 0.3) is 0 Å². The maximum atomic E-state index is 13.2. The lowest BCUT2D eigenvalue weighted by atomic mass is 9.97. The first-order valence-corrected chi connectivity index (χ1v) is 10.1. The minimum Gasteiger partial charge on any atom is -0.481 e. The van der Waals surface area contributed by atoms with Crippen LogP contribution in [0.3, 0.4) is 0 Å². The molecule has 2 unspecified atom stereocenters. The molecule has 0 fully saturated rings. The first-order valence-electron chi connectivity index (χ1n) is 10.1. The Hall–Kier alpha value is -3.23. The van der Waals surface area contributed by atoms with E-state index in [9.17, 15) is 18.0 Å². The predicted octanol–water partition coefficient (Wildman–Crippen LogP) is 5.28. The number of amidine groups is 1. The van der Waals surface area contributed by atoms with E-state index >= 15 is 0 Å². The number of nitrogens with two attached hydrogens (primary N) is 1. The second kappa shape index (κ2) is 8.72. The molecule has 1 amide bonds. The molecule has 0 spiro atoms. The molecule has 0 saturated carbocycles. The Bertz CT molecular complexity index is 1030. The van der Waals surface area contributed by atoms with Crippen molar-refractivity contribution in [3.8, 4) is 5.75 Å². The van der Waals surface area contributed by atoms with Gasteiger partial charge in [0.15, 0.2) is 6.10 Å². The molecule has 9 heteroatoms. The van der Waals surface area contributed by atoms with E-state index in [2.05, 4.69) is 10.3 Å². The molecule has 6 nitrogen and oxygen atoms in total. The topological polar surface area (TPSA) is 85.9 Å². The molecule has 1 aliphatic rings. The van der Waals surface area contributed by atoms with Crippen molar-refractivity contribution >= 4 is 17.6 Å². The predicted molar refractivity (Wildman–Crippen MR) is 115 cm³/mol. The van der Waals surface area contributed by atoms with Crippen molar-refractivity contribution in [2.24, 2.45) is 10.7 Å². The minimum atomic E-state index is -4.46. The number of nitrogens with one attached hydrogen (secondary N) is 1. The zero-order chi connectivity index (χ0) is 23.7. The van der Waals surface area contributed by atoms with Crippen LogP contribution in [0.15, 0.2) is 47.5 Å². The Morgan fingerprint density at radius 1 is 1.22 bits per heavy atom. The van der Waals surface area contributed by atoms with Gasteiger partial charge in [0.2, 0.25) is 0 Å². The molecular weight excluding hydrogens is 423 g/mol. The van der Waals surface area contributed by atoms with E-state index < -0.39 is 29.5 Å². The monoisotopic (exact) mass is 449 g/mol. The van der Waals surface area contributed by atoms with E-state index in [1.165, 1.54) is 6.07 Å². The van der Waals surface area contributed by atoms with E-state index in [1.54, 1.807) is 52.0 Å².